The van der Waals surface area contributed by atoms with Gasteiger partial charge in [0.1, 0.15) is 12.4 Å². The monoisotopic (exact) mass is 459 g/mol. The molecule has 178 valence electrons. The van der Waals surface area contributed by atoms with Gasteiger partial charge in [0.25, 0.3) is 0 Å². The molecule has 3 aromatic carbocycles. The highest BCUT2D eigenvalue weighted by atomic mass is 16.5. The fourth-order valence-electron chi connectivity index (χ4n) is 4.74. The zero-order valence-electron chi connectivity index (χ0n) is 20.5. The topological polar surface area (TPSA) is 48.0 Å². The summed E-state index contributed by atoms with van der Waals surface area (Å²) >= 11 is 0. The van der Waals surface area contributed by atoms with Crippen LogP contribution < -0.4 is 14.2 Å². The first-order chi connectivity index (χ1) is 16.5. The van der Waals surface area contributed by atoms with Gasteiger partial charge in [-0.15, -0.1) is 0 Å². The van der Waals surface area contributed by atoms with Gasteiger partial charge in [-0.05, 0) is 78.8 Å². The number of fused-ring (bicyclic) bond motifs is 1. The Kier molecular flexibility index (Phi) is 7.41. The highest BCUT2D eigenvalue weighted by Gasteiger charge is 2.32. The molecule has 1 heterocycles. The summed E-state index contributed by atoms with van der Waals surface area (Å²) in [5.41, 5.74) is 5.70. The first-order valence-corrected chi connectivity index (χ1v) is 11.8. The number of methoxy groups -OCH3 is 2. The van der Waals surface area contributed by atoms with Gasteiger partial charge in [-0.25, -0.2) is 0 Å². The standard InChI is InChI=1S/C29H33NO4/c1-20-14-21(2)16-24(15-20)34-19-26-25-18-28(33-4)27(32-3)17-23(25)12-13-30(26)29(31)11-10-22-8-6-5-7-9-22/h5-9,14-18,26H,10-13,19H2,1-4H3/t26-/m1/s1. The second-order valence-electron chi connectivity index (χ2n) is 8.88. The average Bonchev–Trinajstić information content (AvgIpc) is 2.84. The lowest BCUT2D eigenvalue weighted by Gasteiger charge is -2.38. The molecule has 1 atom stereocenters. The lowest BCUT2D eigenvalue weighted by Crippen LogP contribution is -2.42. The largest absolute Gasteiger partial charge is 0.493 e. The molecule has 0 spiro atoms. The van der Waals surface area contributed by atoms with Crippen LogP contribution in [-0.2, 0) is 17.6 Å². The molecular weight excluding hydrogens is 426 g/mol. The molecule has 3 aromatic rings. The number of hydrogen-bond acceptors (Lipinski definition) is 4. The Morgan fingerprint density at radius 2 is 1.62 bits per heavy atom. The van der Waals surface area contributed by atoms with E-state index in [-0.39, 0.29) is 11.9 Å². The number of rotatable bonds is 8. The molecule has 1 aliphatic heterocycles. The van der Waals surface area contributed by atoms with Crippen LogP contribution in [0.2, 0.25) is 0 Å². The van der Waals surface area contributed by atoms with Crippen molar-refractivity contribution in [2.45, 2.75) is 39.2 Å². The summed E-state index contributed by atoms with van der Waals surface area (Å²) in [6.45, 7) is 5.15. The number of ether oxygens (including phenoxy) is 3. The van der Waals surface area contributed by atoms with Crippen molar-refractivity contribution in [3.05, 3.63) is 88.5 Å². The van der Waals surface area contributed by atoms with E-state index in [2.05, 4.69) is 32.0 Å². The van der Waals surface area contributed by atoms with Gasteiger partial charge in [0.05, 0.1) is 20.3 Å². The van der Waals surface area contributed by atoms with Crippen molar-refractivity contribution in [3.63, 3.8) is 0 Å². The Morgan fingerprint density at radius 3 is 2.29 bits per heavy atom. The normalized spacial score (nSPS) is 14.9. The molecule has 0 fully saturated rings. The van der Waals surface area contributed by atoms with Crippen molar-refractivity contribution in [1.29, 1.82) is 0 Å². The summed E-state index contributed by atoms with van der Waals surface area (Å²) in [6, 6.07) is 20.2. The Morgan fingerprint density at radius 1 is 0.941 bits per heavy atom. The average molecular weight is 460 g/mol. The van der Waals surface area contributed by atoms with Crippen LogP contribution in [0.4, 0.5) is 0 Å². The molecule has 1 amide bonds. The summed E-state index contributed by atoms with van der Waals surface area (Å²) in [6.07, 6.45) is 1.96. The fraction of sp³-hybridized carbons (Fsp3) is 0.345. The minimum atomic E-state index is -0.201. The Bertz CT molecular complexity index is 1120. The summed E-state index contributed by atoms with van der Waals surface area (Å²) in [7, 11) is 3.28. The molecule has 1 aliphatic rings. The molecular formula is C29H33NO4. The van der Waals surface area contributed by atoms with Crippen LogP contribution in [0.5, 0.6) is 17.2 Å². The van der Waals surface area contributed by atoms with Crippen molar-refractivity contribution in [3.8, 4) is 17.2 Å². The fourth-order valence-corrected chi connectivity index (χ4v) is 4.74. The van der Waals surface area contributed by atoms with E-state index in [4.69, 9.17) is 14.2 Å². The quantitative estimate of drug-likeness (QED) is 0.449. The lowest BCUT2D eigenvalue weighted by atomic mass is 9.91. The Hall–Kier alpha value is -3.47. The number of nitrogens with zero attached hydrogens (tertiary/aromatic N) is 1. The van der Waals surface area contributed by atoms with Crippen LogP contribution in [0.25, 0.3) is 0 Å². The van der Waals surface area contributed by atoms with Gasteiger partial charge in [0.15, 0.2) is 11.5 Å². The minimum Gasteiger partial charge on any atom is -0.493 e. The highest BCUT2D eigenvalue weighted by Crippen LogP contribution is 2.38. The van der Waals surface area contributed by atoms with Crippen molar-refractivity contribution < 1.29 is 19.0 Å². The van der Waals surface area contributed by atoms with Gasteiger partial charge in [-0.2, -0.15) is 0 Å². The van der Waals surface area contributed by atoms with Crippen molar-refractivity contribution >= 4 is 5.91 Å². The van der Waals surface area contributed by atoms with Crippen molar-refractivity contribution in [1.82, 2.24) is 4.90 Å². The number of carbonyl (C=O) groups excluding carboxylic acids is 1. The smallest absolute Gasteiger partial charge is 0.223 e. The molecule has 0 saturated heterocycles. The van der Waals surface area contributed by atoms with E-state index in [1.165, 1.54) is 11.1 Å². The van der Waals surface area contributed by atoms with Gasteiger partial charge in [-0.1, -0.05) is 36.4 Å². The van der Waals surface area contributed by atoms with Gasteiger partial charge >= 0.3 is 0 Å². The van der Waals surface area contributed by atoms with E-state index in [0.29, 0.717) is 31.1 Å². The van der Waals surface area contributed by atoms with Crippen molar-refractivity contribution in [2.75, 3.05) is 27.4 Å². The summed E-state index contributed by atoms with van der Waals surface area (Å²) in [5.74, 6) is 2.33. The van der Waals surface area contributed by atoms with Crippen LogP contribution >= 0.6 is 0 Å². The molecule has 0 bridgehead atoms. The predicted octanol–water partition coefficient (Wildman–Crippen LogP) is 5.46. The maximum Gasteiger partial charge on any atom is 0.223 e. The van der Waals surface area contributed by atoms with E-state index in [9.17, 15) is 4.79 Å². The number of aryl methyl sites for hydroxylation is 3. The van der Waals surface area contributed by atoms with Crippen LogP contribution in [0.3, 0.4) is 0 Å². The van der Waals surface area contributed by atoms with Gasteiger partial charge < -0.3 is 19.1 Å². The zero-order valence-corrected chi connectivity index (χ0v) is 20.5. The number of amides is 1. The third-order valence-corrected chi connectivity index (χ3v) is 6.40. The zero-order chi connectivity index (χ0) is 24.1. The minimum absolute atomic E-state index is 0.137. The molecule has 0 aromatic heterocycles. The maximum atomic E-state index is 13.4. The van der Waals surface area contributed by atoms with Crippen LogP contribution in [-0.4, -0.2) is 38.2 Å². The summed E-state index contributed by atoms with van der Waals surface area (Å²) < 4.78 is 17.4. The van der Waals surface area contributed by atoms with Gasteiger partial charge in [-0.3, -0.25) is 4.79 Å². The molecule has 34 heavy (non-hydrogen) atoms. The second-order valence-corrected chi connectivity index (χ2v) is 8.88. The maximum absolute atomic E-state index is 13.4. The molecule has 0 unspecified atom stereocenters. The van der Waals surface area contributed by atoms with Gasteiger partial charge in [0, 0.05) is 13.0 Å². The summed E-state index contributed by atoms with van der Waals surface area (Å²) in [5, 5.41) is 0. The number of benzene rings is 3. The van der Waals surface area contributed by atoms with Crippen molar-refractivity contribution in [2.24, 2.45) is 0 Å². The number of carbonyl (C=O) groups is 1. The van der Waals surface area contributed by atoms with Crippen LogP contribution in [0, 0.1) is 13.8 Å². The predicted molar refractivity (Wildman–Crippen MR) is 134 cm³/mol. The van der Waals surface area contributed by atoms with E-state index < -0.39 is 0 Å². The van der Waals surface area contributed by atoms with E-state index >= 15 is 0 Å². The third kappa shape index (κ3) is 5.36. The lowest BCUT2D eigenvalue weighted by molar-refractivity contribution is -0.134. The molecule has 4 rings (SSSR count). The highest BCUT2D eigenvalue weighted by molar-refractivity contribution is 5.77. The SMILES string of the molecule is COc1cc2c(cc1OC)[C@@H](COc1cc(C)cc(C)c1)N(C(=O)CCc1ccccc1)CC2. The van der Waals surface area contributed by atoms with Gasteiger partial charge in [0.2, 0.25) is 5.91 Å². The molecule has 0 saturated carbocycles. The first-order valence-electron chi connectivity index (χ1n) is 11.8. The van der Waals surface area contributed by atoms with E-state index in [1.807, 2.05) is 47.4 Å². The van der Waals surface area contributed by atoms with E-state index in [1.54, 1.807) is 14.2 Å². The van der Waals surface area contributed by atoms with Crippen LogP contribution in [0.1, 0.15) is 40.3 Å². The first kappa shape index (κ1) is 23.7. The van der Waals surface area contributed by atoms with E-state index in [0.717, 1.165) is 35.3 Å². The third-order valence-electron chi connectivity index (χ3n) is 6.40. The molecule has 0 radical (unpaired) electrons. The molecule has 0 N–H and O–H groups in total. The molecule has 5 nitrogen and oxygen atoms in total. The Balaban J connectivity index is 1.61. The van der Waals surface area contributed by atoms with Crippen LogP contribution in [0.15, 0.2) is 60.7 Å². The summed E-state index contributed by atoms with van der Waals surface area (Å²) in [4.78, 5) is 15.4. The number of hydrogen-bond donors (Lipinski definition) is 0. The second kappa shape index (κ2) is 10.6. The Labute approximate surface area is 202 Å². The molecule has 5 heteroatoms. The molecule has 0 aliphatic carbocycles.